The Morgan fingerprint density at radius 3 is 2.83 bits per heavy atom. The van der Waals surface area contributed by atoms with E-state index in [0.29, 0.717) is 23.7 Å². The average Bonchev–Trinajstić information content (AvgIpc) is 2.56. The Morgan fingerprint density at radius 2 is 2.25 bits per heavy atom. The van der Waals surface area contributed by atoms with Crippen LogP contribution in [0.5, 0.6) is 0 Å². The summed E-state index contributed by atoms with van der Waals surface area (Å²) in [6, 6.07) is 0. The van der Waals surface area contributed by atoms with E-state index in [9.17, 15) is 5.11 Å². The van der Waals surface area contributed by atoms with E-state index < -0.39 is 5.06 Å². The van der Waals surface area contributed by atoms with Crippen molar-refractivity contribution in [2.45, 2.75) is 24.8 Å². The Bertz CT molecular complexity index is 212. The van der Waals surface area contributed by atoms with Crippen molar-refractivity contribution in [1.29, 1.82) is 0 Å². The van der Waals surface area contributed by atoms with Crippen molar-refractivity contribution in [3.63, 3.8) is 0 Å². The maximum atomic E-state index is 9.71. The topological polar surface area (TPSA) is 20.2 Å². The van der Waals surface area contributed by atoms with Gasteiger partial charge in [-0.25, -0.2) is 0 Å². The van der Waals surface area contributed by atoms with Gasteiger partial charge in [-0.05, 0) is 24.7 Å². The first-order valence-electron chi connectivity index (χ1n) is 4.63. The van der Waals surface area contributed by atoms with Gasteiger partial charge in [0.1, 0.15) is 5.06 Å². The standard InChI is InChI=1S/C10H15ClO/c1-3-7-4-5-8-9(6(7)2)10(8,11)12/h3,6-9,12H,1,4-5H2,2H3. The molecule has 5 unspecified atom stereocenters. The van der Waals surface area contributed by atoms with Crippen LogP contribution >= 0.6 is 11.6 Å². The summed E-state index contributed by atoms with van der Waals surface area (Å²) in [4.78, 5) is 0. The van der Waals surface area contributed by atoms with Crippen molar-refractivity contribution in [3.05, 3.63) is 12.7 Å². The summed E-state index contributed by atoms with van der Waals surface area (Å²) < 4.78 is 0. The third-order valence-corrected chi connectivity index (χ3v) is 4.20. The lowest BCUT2D eigenvalue weighted by Crippen LogP contribution is -2.17. The van der Waals surface area contributed by atoms with Gasteiger partial charge < -0.3 is 5.11 Å². The number of hydrogen-bond acceptors (Lipinski definition) is 1. The molecule has 0 saturated heterocycles. The molecule has 0 aromatic rings. The van der Waals surface area contributed by atoms with Crippen LogP contribution < -0.4 is 0 Å². The van der Waals surface area contributed by atoms with Crippen LogP contribution in [-0.4, -0.2) is 10.2 Å². The second kappa shape index (κ2) is 2.49. The Labute approximate surface area is 78.4 Å². The molecule has 0 heterocycles. The predicted octanol–water partition coefficient (Wildman–Crippen LogP) is 2.39. The van der Waals surface area contributed by atoms with Gasteiger partial charge in [0.15, 0.2) is 0 Å². The summed E-state index contributed by atoms with van der Waals surface area (Å²) in [5.74, 6) is 1.73. The fourth-order valence-electron chi connectivity index (χ4n) is 2.79. The van der Waals surface area contributed by atoms with Gasteiger partial charge in [-0.2, -0.15) is 0 Å². The third-order valence-electron chi connectivity index (χ3n) is 3.67. The first-order chi connectivity index (χ1) is 5.59. The quantitative estimate of drug-likeness (QED) is 0.493. The predicted molar refractivity (Wildman–Crippen MR) is 49.9 cm³/mol. The van der Waals surface area contributed by atoms with E-state index in [2.05, 4.69) is 13.5 Å². The van der Waals surface area contributed by atoms with E-state index in [0.717, 1.165) is 12.8 Å². The van der Waals surface area contributed by atoms with E-state index in [4.69, 9.17) is 11.6 Å². The van der Waals surface area contributed by atoms with Crippen molar-refractivity contribution >= 4 is 11.6 Å². The highest BCUT2D eigenvalue weighted by Crippen LogP contribution is 2.64. The van der Waals surface area contributed by atoms with Crippen LogP contribution in [0.1, 0.15) is 19.8 Å². The smallest absolute Gasteiger partial charge is 0.145 e. The highest BCUT2D eigenvalue weighted by Gasteiger charge is 2.66. The molecule has 0 radical (unpaired) electrons. The molecule has 0 bridgehead atoms. The van der Waals surface area contributed by atoms with Crippen molar-refractivity contribution < 1.29 is 5.11 Å². The maximum absolute atomic E-state index is 9.71. The largest absolute Gasteiger partial charge is 0.374 e. The zero-order chi connectivity index (χ0) is 8.93. The molecule has 0 amide bonds. The zero-order valence-electron chi connectivity index (χ0n) is 7.33. The molecule has 2 aliphatic carbocycles. The summed E-state index contributed by atoms with van der Waals surface area (Å²) >= 11 is 5.95. The van der Waals surface area contributed by atoms with Crippen LogP contribution in [0.2, 0.25) is 0 Å². The Hall–Kier alpha value is -0.0100. The number of alkyl halides is 1. The molecule has 0 aromatic heterocycles. The molecular formula is C10H15ClO. The molecule has 2 rings (SSSR count). The molecule has 2 aliphatic rings. The van der Waals surface area contributed by atoms with Gasteiger partial charge >= 0.3 is 0 Å². The normalized spacial score (nSPS) is 57.6. The van der Waals surface area contributed by atoms with Crippen LogP contribution in [0.4, 0.5) is 0 Å². The molecule has 2 heteroatoms. The Kier molecular flexibility index (Phi) is 1.78. The highest BCUT2D eigenvalue weighted by atomic mass is 35.5. The molecule has 2 saturated carbocycles. The summed E-state index contributed by atoms with van der Waals surface area (Å²) in [6.07, 6.45) is 4.21. The maximum Gasteiger partial charge on any atom is 0.145 e. The van der Waals surface area contributed by atoms with E-state index in [1.165, 1.54) is 0 Å². The molecule has 2 fully saturated rings. The monoisotopic (exact) mass is 186 g/mol. The Morgan fingerprint density at radius 1 is 1.58 bits per heavy atom. The minimum atomic E-state index is -0.878. The van der Waals surface area contributed by atoms with Gasteiger partial charge in [-0.15, -0.1) is 6.58 Å². The van der Waals surface area contributed by atoms with Gasteiger partial charge in [-0.1, -0.05) is 24.6 Å². The van der Waals surface area contributed by atoms with Gasteiger partial charge in [0.05, 0.1) is 0 Å². The Balaban J connectivity index is 2.12. The van der Waals surface area contributed by atoms with Crippen molar-refractivity contribution in [2.24, 2.45) is 23.7 Å². The summed E-state index contributed by atoms with van der Waals surface area (Å²) in [6.45, 7) is 5.98. The van der Waals surface area contributed by atoms with E-state index in [1.807, 2.05) is 6.08 Å². The van der Waals surface area contributed by atoms with Crippen LogP contribution in [0.15, 0.2) is 12.7 Å². The molecule has 1 N–H and O–H groups in total. The van der Waals surface area contributed by atoms with Crippen LogP contribution in [0, 0.1) is 23.7 Å². The SMILES string of the molecule is C=CC1CCC2C(C1C)C2(O)Cl. The minimum Gasteiger partial charge on any atom is -0.374 e. The average molecular weight is 187 g/mol. The van der Waals surface area contributed by atoms with E-state index in [1.54, 1.807) is 0 Å². The van der Waals surface area contributed by atoms with Crippen molar-refractivity contribution in [1.82, 2.24) is 0 Å². The van der Waals surface area contributed by atoms with Gasteiger partial charge in [0, 0.05) is 11.8 Å². The number of halogens is 1. The summed E-state index contributed by atoms with van der Waals surface area (Å²) in [5.41, 5.74) is 0. The van der Waals surface area contributed by atoms with Crippen molar-refractivity contribution in [3.8, 4) is 0 Å². The minimum absolute atomic E-state index is 0.316. The highest BCUT2D eigenvalue weighted by molar-refractivity contribution is 6.25. The third kappa shape index (κ3) is 0.961. The molecular weight excluding hydrogens is 172 g/mol. The first kappa shape index (κ1) is 8.58. The number of hydrogen-bond donors (Lipinski definition) is 1. The van der Waals surface area contributed by atoms with Crippen LogP contribution in [-0.2, 0) is 0 Å². The van der Waals surface area contributed by atoms with Crippen molar-refractivity contribution in [2.75, 3.05) is 0 Å². The van der Waals surface area contributed by atoms with E-state index in [-0.39, 0.29) is 0 Å². The van der Waals surface area contributed by atoms with Crippen LogP contribution in [0.3, 0.4) is 0 Å². The first-order valence-corrected chi connectivity index (χ1v) is 5.00. The molecule has 0 aliphatic heterocycles. The lowest BCUT2D eigenvalue weighted by Gasteiger charge is -2.24. The molecule has 0 spiro atoms. The number of aliphatic hydroxyl groups is 1. The summed E-state index contributed by atoms with van der Waals surface area (Å²) in [5, 5.41) is 8.83. The van der Waals surface area contributed by atoms with Gasteiger partial charge in [-0.3, -0.25) is 0 Å². The zero-order valence-corrected chi connectivity index (χ0v) is 8.09. The van der Waals surface area contributed by atoms with Crippen LogP contribution in [0.25, 0.3) is 0 Å². The lowest BCUT2D eigenvalue weighted by atomic mass is 9.80. The van der Waals surface area contributed by atoms with Gasteiger partial charge in [0.2, 0.25) is 0 Å². The van der Waals surface area contributed by atoms with E-state index >= 15 is 0 Å². The lowest BCUT2D eigenvalue weighted by molar-refractivity contribution is 0.192. The second-order valence-electron chi connectivity index (χ2n) is 4.20. The number of rotatable bonds is 1. The fraction of sp³-hybridized carbons (Fsp3) is 0.800. The molecule has 1 nitrogen and oxygen atoms in total. The molecule has 0 aromatic carbocycles. The number of allylic oxidation sites excluding steroid dienone is 1. The van der Waals surface area contributed by atoms with Gasteiger partial charge in [0.25, 0.3) is 0 Å². The number of fused-ring (bicyclic) bond motifs is 1. The fourth-order valence-corrected chi connectivity index (χ4v) is 3.32. The summed E-state index contributed by atoms with van der Waals surface area (Å²) in [7, 11) is 0. The second-order valence-corrected chi connectivity index (χ2v) is 4.80. The molecule has 12 heavy (non-hydrogen) atoms. The molecule has 5 atom stereocenters. The molecule has 68 valence electrons.